The Balaban J connectivity index is 1.33. The predicted molar refractivity (Wildman–Crippen MR) is 96.2 cm³/mol. The van der Waals surface area contributed by atoms with E-state index >= 15 is 0 Å². The first-order chi connectivity index (χ1) is 12.7. The maximum atomic E-state index is 12.4. The molecule has 26 heavy (non-hydrogen) atoms. The highest BCUT2D eigenvalue weighted by Crippen LogP contribution is 2.31. The molecule has 2 aromatic rings. The number of rotatable bonds is 5. The summed E-state index contributed by atoms with van der Waals surface area (Å²) in [5.74, 6) is 0.256. The lowest BCUT2D eigenvalue weighted by molar-refractivity contribution is 0.0203. The van der Waals surface area contributed by atoms with E-state index in [4.69, 9.17) is 9.47 Å². The molecule has 134 valence electrons. The van der Waals surface area contributed by atoms with Crippen LogP contribution in [0.5, 0.6) is 0 Å². The Morgan fingerprint density at radius 3 is 2.35 bits per heavy atom. The first kappa shape index (κ1) is 16.9. The molecule has 3 atom stereocenters. The average Bonchev–Trinajstić information content (AvgIpc) is 3.28. The molecule has 2 heterocycles. The molecule has 1 amide bonds. The van der Waals surface area contributed by atoms with Crippen LogP contribution in [-0.2, 0) is 9.47 Å². The van der Waals surface area contributed by atoms with Crippen LogP contribution >= 0.6 is 0 Å². The van der Waals surface area contributed by atoms with Gasteiger partial charge in [0.05, 0.1) is 25.4 Å². The van der Waals surface area contributed by atoms with Crippen molar-refractivity contribution in [2.75, 3.05) is 19.8 Å². The molecule has 5 heteroatoms. The molecule has 1 unspecified atom stereocenters. The molecule has 0 spiro atoms. The first-order valence-electron chi connectivity index (χ1n) is 8.92. The van der Waals surface area contributed by atoms with Crippen LogP contribution < -0.4 is 5.32 Å². The molecular weight excluding hydrogens is 330 g/mol. The van der Waals surface area contributed by atoms with E-state index < -0.39 is 0 Å². The maximum Gasteiger partial charge on any atom is 0.251 e. The lowest BCUT2D eigenvalue weighted by atomic mass is 10.0. The van der Waals surface area contributed by atoms with Gasteiger partial charge in [0.1, 0.15) is 0 Å². The fraction of sp³-hybridized carbons (Fsp3) is 0.333. The summed E-state index contributed by atoms with van der Waals surface area (Å²) >= 11 is 0. The number of hydrogen-bond donors (Lipinski definition) is 1. The summed E-state index contributed by atoms with van der Waals surface area (Å²) in [7, 11) is 0. The van der Waals surface area contributed by atoms with Gasteiger partial charge in [-0.2, -0.15) is 0 Å². The van der Waals surface area contributed by atoms with Gasteiger partial charge in [-0.15, -0.1) is 0 Å². The number of benzene rings is 2. The number of carbonyl (C=O) groups excluding carboxylic acids is 2. The SMILES string of the molecule is O=C(NCC1C[C@@H]2COC[C@@H]2O1)c1ccc(C(=O)c2ccccc2)cc1. The first-order valence-corrected chi connectivity index (χ1v) is 8.92. The van der Waals surface area contributed by atoms with Gasteiger partial charge in [0.25, 0.3) is 5.91 Å². The summed E-state index contributed by atoms with van der Waals surface area (Å²) in [5, 5.41) is 2.92. The number of nitrogens with one attached hydrogen (secondary N) is 1. The zero-order valence-electron chi connectivity index (χ0n) is 14.4. The van der Waals surface area contributed by atoms with E-state index in [-0.39, 0.29) is 23.9 Å². The van der Waals surface area contributed by atoms with Crippen LogP contribution in [0.25, 0.3) is 0 Å². The topological polar surface area (TPSA) is 64.6 Å². The highest BCUT2D eigenvalue weighted by atomic mass is 16.6. The number of hydrogen-bond acceptors (Lipinski definition) is 4. The van der Waals surface area contributed by atoms with Crippen molar-refractivity contribution in [3.8, 4) is 0 Å². The molecule has 1 N–H and O–H groups in total. The Morgan fingerprint density at radius 2 is 1.62 bits per heavy atom. The van der Waals surface area contributed by atoms with Gasteiger partial charge in [0.15, 0.2) is 5.78 Å². The standard InChI is InChI=1S/C21H21NO4/c23-20(14-4-2-1-3-5-14)15-6-8-16(9-7-15)21(24)22-11-18-10-17-12-25-13-19(17)26-18/h1-9,17-19H,10-13H2,(H,22,24)/t17-,18?,19+/m1/s1. The second kappa shape index (κ2) is 7.40. The van der Waals surface area contributed by atoms with Crippen molar-refractivity contribution in [1.82, 2.24) is 5.32 Å². The molecule has 0 bridgehead atoms. The Hall–Kier alpha value is -2.50. The van der Waals surface area contributed by atoms with E-state index in [1.165, 1.54) is 0 Å². The third-order valence-corrected chi connectivity index (χ3v) is 5.01. The number of ketones is 1. The summed E-state index contributed by atoms with van der Waals surface area (Å²) < 4.78 is 11.3. The summed E-state index contributed by atoms with van der Waals surface area (Å²) in [6, 6.07) is 15.9. The van der Waals surface area contributed by atoms with E-state index in [2.05, 4.69) is 5.32 Å². The van der Waals surface area contributed by atoms with Crippen molar-refractivity contribution >= 4 is 11.7 Å². The molecule has 4 rings (SSSR count). The van der Waals surface area contributed by atoms with Gasteiger partial charge in [-0.1, -0.05) is 42.5 Å². The van der Waals surface area contributed by atoms with Crippen LogP contribution in [0.2, 0.25) is 0 Å². The molecule has 0 saturated carbocycles. The largest absolute Gasteiger partial charge is 0.378 e. The Kier molecular flexibility index (Phi) is 4.82. The van der Waals surface area contributed by atoms with Crippen molar-refractivity contribution in [2.45, 2.75) is 18.6 Å². The Labute approximate surface area is 152 Å². The van der Waals surface area contributed by atoms with Crippen molar-refractivity contribution in [2.24, 2.45) is 5.92 Å². The van der Waals surface area contributed by atoms with Gasteiger partial charge in [-0.25, -0.2) is 0 Å². The smallest absolute Gasteiger partial charge is 0.251 e. The molecule has 2 fully saturated rings. The highest BCUT2D eigenvalue weighted by molar-refractivity contribution is 6.09. The van der Waals surface area contributed by atoms with Crippen LogP contribution in [0.4, 0.5) is 0 Å². The second-order valence-corrected chi connectivity index (χ2v) is 6.81. The van der Waals surface area contributed by atoms with Gasteiger partial charge in [0.2, 0.25) is 0 Å². The molecule has 0 aromatic heterocycles. The van der Waals surface area contributed by atoms with Crippen LogP contribution in [0, 0.1) is 5.92 Å². The number of ether oxygens (including phenoxy) is 2. The zero-order valence-corrected chi connectivity index (χ0v) is 14.4. The summed E-state index contributed by atoms with van der Waals surface area (Å²) in [6.45, 7) is 1.91. The molecular formula is C21H21NO4. The van der Waals surface area contributed by atoms with Gasteiger partial charge in [0, 0.05) is 29.2 Å². The van der Waals surface area contributed by atoms with Crippen molar-refractivity contribution in [3.63, 3.8) is 0 Å². The third kappa shape index (κ3) is 3.54. The van der Waals surface area contributed by atoms with Crippen molar-refractivity contribution < 1.29 is 19.1 Å². The fourth-order valence-corrected chi connectivity index (χ4v) is 3.56. The van der Waals surface area contributed by atoms with E-state index in [1.54, 1.807) is 36.4 Å². The van der Waals surface area contributed by atoms with Gasteiger partial charge >= 0.3 is 0 Å². The zero-order chi connectivity index (χ0) is 17.9. The molecule has 2 aromatic carbocycles. The molecule has 2 aliphatic heterocycles. The molecule has 5 nitrogen and oxygen atoms in total. The number of amides is 1. The molecule has 0 aliphatic carbocycles. The summed E-state index contributed by atoms with van der Waals surface area (Å²) in [4.78, 5) is 24.7. The Bertz CT molecular complexity index is 775. The lowest BCUT2D eigenvalue weighted by Crippen LogP contribution is -2.32. The van der Waals surface area contributed by atoms with Crippen molar-refractivity contribution in [3.05, 3.63) is 71.3 Å². The van der Waals surface area contributed by atoms with Gasteiger partial charge < -0.3 is 14.8 Å². The minimum absolute atomic E-state index is 0.0503. The lowest BCUT2D eigenvalue weighted by Gasteiger charge is -2.13. The van der Waals surface area contributed by atoms with Crippen LogP contribution in [0.15, 0.2) is 54.6 Å². The van der Waals surface area contributed by atoms with Crippen LogP contribution in [0.3, 0.4) is 0 Å². The monoisotopic (exact) mass is 351 g/mol. The van der Waals surface area contributed by atoms with E-state index in [9.17, 15) is 9.59 Å². The van der Waals surface area contributed by atoms with Gasteiger partial charge in [-0.05, 0) is 18.6 Å². The normalized spacial score (nSPS) is 24.2. The minimum Gasteiger partial charge on any atom is -0.378 e. The maximum absolute atomic E-state index is 12.4. The quantitative estimate of drug-likeness (QED) is 0.841. The molecule has 2 aliphatic rings. The summed E-state index contributed by atoms with van der Waals surface area (Å²) in [6.07, 6.45) is 1.16. The van der Waals surface area contributed by atoms with Gasteiger partial charge in [-0.3, -0.25) is 9.59 Å². The predicted octanol–water partition coefficient (Wildman–Crippen LogP) is 2.45. The van der Waals surface area contributed by atoms with E-state index in [0.717, 1.165) is 13.0 Å². The highest BCUT2D eigenvalue weighted by Gasteiger charge is 2.39. The van der Waals surface area contributed by atoms with E-state index in [1.807, 2.05) is 18.2 Å². The van der Waals surface area contributed by atoms with Crippen molar-refractivity contribution in [1.29, 1.82) is 0 Å². The third-order valence-electron chi connectivity index (χ3n) is 5.01. The number of carbonyl (C=O) groups is 2. The summed E-state index contributed by atoms with van der Waals surface area (Å²) in [5.41, 5.74) is 1.74. The Morgan fingerprint density at radius 1 is 0.923 bits per heavy atom. The van der Waals surface area contributed by atoms with Crippen LogP contribution in [0.1, 0.15) is 32.7 Å². The van der Waals surface area contributed by atoms with E-state index in [0.29, 0.717) is 35.8 Å². The number of fused-ring (bicyclic) bond motifs is 1. The molecule has 2 saturated heterocycles. The molecule has 0 radical (unpaired) electrons. The minimum atomic E-state index is -0.152. The fourth-order valence-electron chi connectivity index (χ4n) is 3.56. The average molecular weight is 351 g/mol. The second-order valence-electron chi connectivity index (χ2n) is 6.81. The van der Waals surface area contributed by atoms with Crippen LogP contribution in [-0.4, -0.2) is 43.7 Å².